The molecule has 1 aliphatic rings. The Bertz CT molecular complexity index is 394. The summed E-state index contributed by atoms with van der Waals surface area (Å²) in [6.07, 6.45) is 3.68. The van der Waals surface area contributed by atoms with Crippen molar-refractivity contribution in [3.8, 4) is 0 Å². The second-order valence-electron chi connectivity index (χ2n) is 5.00. The lowest BCUT2D eigenvalue weighted by molar-refractivity contribution is 0.0853. The Hall–Kier alpha value is -1.40. The lowest BCUT2D eigenvalue weighted by Crippen LogP contribution is -2.37. The van der Waals surface area contributed by atoms with Crippen LogP contribution in [0.4, 0.5) is 11.6 Å². The molecule has 6 nitrogen and oxygen atoms in total. The predicted molar refractivity (Wildman–Crippen MR) is 76.4 cm³/mol. The molecule has 1 atom stereocenters. The number of nitrogens with one attached hydrogen (secondary N) is 1. The van der Waals surface area contributed by atoms with E-state index in [2.05, 4.69) is 27.2 Å². The maximum Gasteiger partial charge on any atom is 0.134 e. The minimum absolute atomic E-state index is 0.205. The van der Waals surface area contributed by atoms with Gasteiger partial charge in [-0.3, -0.25) is 0 Å². The van der Waals surface area contributed by atoms with Crippen LogP contribution in [0.1, 0.15) is 19.8 Å². The van der Waals surface area contributed by atoms with Crippen molar-refractivity contribution in [3.05, 3.63) is 12.4 Å². The van der Waals surface area contributed by atoms with Gasteiger partial charge in [0, 0.05) is 45.0 Å². The Morgan fingerprint density at radius 3 is 2.89 bits per heavy atom. The SMILES string of the molecule is CC(CN)Nc1cc(N(C)C2CCOCC2)ncn1. The topological polar surface area (TPSA) is 76.3 Å². The number of anilines is 2. The van der Waals surface area contributed by atoms with Gasteiger partial charge in [0.1, 0.15) is 18.0 Å². The average Bonchev–Trinajstić information content (AvgIpc) is 2.47. The fraction of sp³-hybridized carbons (Fsp3) is 0.692. The predicted octanol–water partition coefficient (Wildman–Crippen LogP) is 0.851. The van der Waals surface area contributed by atoms with Crippen LogP contribution in [0.2, 0.25) is 0 Å². The molecule has 1 unspecified atom stereocenters. The van der Waals surface area contributed by atoms with Crippen molar-refractivity contribution in [2.24, 2.45) is 5.73 Å². The number of hydrogen-bond donors (Lipinski definition) is 2. The molecule has 0 aliphatic carbocycles. The van der Waals surface area contributed by atoms with Gasteiger partial charge in [-0.2, -0.15) is 0 Å². The highest BCUT2D eigenvalue weighted by molar-refractivity contribution is 5.49. The number of ether oxygens (including phenoxy) is 1. The van der Waals surface area contributed by atoms with Crippen molar-refractivity contribution in [2.45, 2.75) is 31.8 Å². The molecule has 2 heterocycles. The van der Waals surface area contributed by atoms with Crippen LogP contribution >= 0.6 is 0 Å². The minimum atomic E-state index is 0.205. The number of hydrogen-bond acceptors (Lipinski definition) is 6. The third-order valence-corrected chi connectivity index (χ3v) is 3.50. The Labute approximate surface area is 114 Å². The third kappa shape index (κ3) is 3.78. The molecule has 19 heavy (non-hydrogen) atoms. The summed E-state index contributed by atoms with van der Waals surface area (Å²) in [6, 6.07) is 2.67. The van der Waals surface area contributed by atoms with E-state index in [1.807, 2.05) is 13.0 Å². The van der Waals surface area contributed by atoms with E-state index in [9.17, 15) is 0 Å². The summed E-state index contributed by atoms with van der Waals surface area (Å²) in [5.41, 5.74) is 5.60. The zero-order valence-electron chi connectivity index (χ0n) is 11.7. The summed E-state index contributed by atoms with van der Waals surface area (Å²) in [5, 5.41) is 3.26. The first kappa shape index (κ1) is 14.0. The van der Waals surface area contributed by atoms with Crippen LogP contribution in [0.25, 0.3) is 0 Å². The molecule has 0 aromatic carbocycles. The molecule has 106 valence electrons. The number of aromatic nitrogens is 2. The van der Waals surface area contributed by atoms with Gasteiger partial charge < -0.3 is 20.7 Å². The van der Waals surface area contributed by atoms with E-state index in [1.54, 1.807) is 6.33 Å². The van der Waals surface area contributed by atoms with Crippen LogP contribution in [0.5, 0.6) is 0 Å². The molecule has 2 rings (SSSR count). The van der Waals surface area contributed by atoms with Gasteiger partial charge in [0.15, 0.2) is 0 Å². The van der Waals surface area contributed by atoms with Crippen LogP contribution in [-0.4, -0.2) is 48.9 Å². The summed E-state index contributed by atoms with van der Waals surface area (Å²) < 4.78 is 5.39. The summed E-state index contributed by atoms with van der Waals surface area (Å²) in [7, 11) is 2.08. The molecular weight excluding hydrogens is 242 g/mol. The fourth-order valence-corrected chi connectivity index (χ4v) is 2.19. The maximum atomic E-state index is 5.60. The quantitative estimate of drug-likeness (QED) is 0.822. The fourth-order valence-electron chi connectivity index (χ4n) is 2.19. The first-order chi connectivity index (χ1) is 9.20. The van der Waals surface area contributed by atoms with Crippen LogP contribution in [-0.2, 0) is 4.74 Å². The second-order valence-corrected chi connectivity index (χ2v) is 5.00. The first-order valence-corrected chi connectivity index (χ1v) is 6.80. The molecule has 0 bridgehead atoms. The van der Waals surface area contributed by atoms with Gasteiger partial charge in [-0.1, -0.05) is 0 Å². The van der Waals surface area contributed by atoms with Gasteiger partial charge in [0.05, 0.1) is 0 Å². The van der Waals surface area contributed by atoms with Gasteiger partial charge in [-0.15, -0.1) is 0 Å². The van der Waals surface area contributed by atoms with Crippen LogP contribution in [0, 0.1) is 0 Å². The normalized spacial score (nSPS) is 18.1. The molecule has 0 spiro atoms. The molecule has 0 amide bonds. The third-order valence-electron chi connectivity index (χ3n) is 3.50. The molecule has 3 N–H and O–H groups in total. The van der Waals surface area contributed by atoms with E-state index in [-0.39, 0.29) is 6.04 Å². The van der Waals surface area contributed by atoms with Crippen molar-refractivity contribution in [1.82, 2.24) is 9.97 Å². The molecule has 0 radical (unpaired) electrons. The highest BCUT2D eigenvalue weighted by Gasteiger charge is 2.19. The van der Waals surface area contributed by atoms with E-state index in [0.29, 0.717) is 12.6 Å². The van der Waals surface area contributed by atoms with E-state index in [1.165, 1.54) is 0 Å². The summed E-state index contributed by atoms with van der Waals surface area (Å²) in [4.78, 5) is 10.8. The van der Waals surface area contributed by atoms with Crippen LogP contribution in [0.15, 0.2) is 12.4 Å². The number of nitrogens with two attached hydrogens (primary N) is 1. The summed E-state index contributed by atoms with van der Waals surface area (Å²) >= 11 is 0. The minimum Gasteiger partial charge on any atom is -0.381 e. The number of rotatable bonds is 5. The molecule has 1 fully saturated rings. The van der Waals surface area contributed by atoms with Crippen molar-refractivity contribution in [1.29, 1.82) is 0 Å². The average molecular weight is 265 g/mol. The van der Waals surface area contributed by atoms with Crippen molar-refractivity contribution in [3.63, 3.8) is 0 Å². The van der Waals surface area contributed by atoms with Crippen molar-refractivity contribution >= 4 is 11.6 Å². The van der Waals surface area contributed by atoms with Crippen molar-refractivity contribution in [2.75, 3.05) is 37.0 Å². The van der Waals surface area contributed by atoms with Gasteiger partial charge in [0.2, 0.25) is 0 Å². The number of nitrogens with zero attached hydrogens (tertiary/aromatic N) is 3. The monoisotopic (exact) mass is 265 g/mol. The molecule has 1 aliphatic heterocycles. The van der Waals surface area contributed by atoms with Gasteiger partial charge >= 0.3 is 0 Å². The highest BCUT2D eigenvalue weighted by Crippen LogP contribution is 2.20. The smallest absolute Gasteiger partial charge is 0.134 e. The lowest BCUT2D eigenvalue weighted by Gasteiger charge is -2.32. The maximum absolute atomic E-state index is 5.60. The van der Waals surface area contributed by atoms with E-state index in [4.69, 9.17) is 10.5 Å². The Balaban J connectivity index is 2.04. The van der Waals surface area contributed by atoms with Crippen molar-refractivity contribution < 1.29 is 4.74 Å². The van der Waals surface area contributed by atoms with E-state index >= 15 is 0 Å². The zero-order chi connectivity index (χ0) is 13.7. The first-order valence-electron chi connectivity index (χ1n) is 6.80. The van der Waals surface area contributed by atoms with E-state index in [0.717, 1.165) is 37.7 Å². The van der Waals surface area contributed by atoms with Gasteiger partial charge in [0.25, 0.3) is 0 Å². The summed E-state index contributed by atoms with van der Waals surface area (Å²) in [6.45, 7) is 4.27. The standard InChI is InChI=1S/C13H23N5O/c1-10(8-14)17-12-7-13(16-9-15-12)18(2)11-3-5-19-6-4-11/h7,9-11H,3-6,8,14H2,1-2H3,(H,15,16,17). The molecule has 0 saturated carbocycles. The zero-order valence-corrected chi connectivity index (χ0v) is 11.7. The van der Waals surface area contributed by atoms with Crippen LogP contribution in [0.3, 0.4) is 0 Å². The molecular formula is C13H23N5O. The molecule has 1 aromatic rings. The van der Waals surface area contributed by atoms with Gasteiger partial charge in [-0.25, -0.2) is 9.97 Å². The Kier molecular flexibility index (Phi) is 4.93. The van der Waals surface area contributed by atoms with Crippen LogP contribution < -0.4 is 16.0 Å². The Morgan fingerprint density at radius 2 is 2.21 bits per heavy atom. The largest absolute Gasteiger partial charge is 0.381 e. The Morgan fingerprint density at radius 1 is 1.47 bits per heavy atom. The molecule has 6 heteroatoms. The van der Waals surface area contributed by atoms with E-state index < -0.39 is 0 Å². The van der Waals surface area contributed by atoms with Gasteiger partial charge in [-0.05, 0) is 19.8 Å². The highest BCUT2D eigenvalue weighted by atomic mass is 16.5. The summed E-state index contributed by atoms with van der Waals surface area (Å²) in [5.74, 6) is 1.76. The second kappa shape index (κ2) is 6.68. The molecule has 1 saturated heterocycles. The lowest BCUT2D eigenvalue weighted by atomic mass is 10.1. The molecule has 1 aromatic heterocycles.